The van der Waals surface area contributed by atoms with Crippen molar-refractivity contribution >= 4 is 5.97 Å². The van der Waals surface area contributed by atoms with Gasteiger partial charge in [0.15, 0.2) is 0 Å². The lowest BCUT2D eigenvalue weighted by Gasteiger charge is -2.33. The largest absolute Gasteiger partial charge is 0.457 e. The van der Waals surface area contributed by atoms with Crippen LogP contribution in [0.2, 0.25) is 0 Å². The van der Waals surface area contributed by atoms with Crippen LogP contribution < -0.4 is 5.32 Å². The Morgan fingerprint density at radius 1 is 1.27 bits per heavy atom. The Labute approximate surface area is 294 Å². The maximum Gasteiger partial charge on any atom is 0.309 e. The Kier molecular flexibility index (Phi) is 16.1. The number of cyclic esters (lactones) is 1. The van der Waals surface area contributed by atoms with E-state index in [1.807, 2.05) is 57.2 Å². The lowest BCUT2D eigenvalue weighted by Crippen LogP contribution is -2.52. The summed E-state index contributed by atoms with van der Waals surface area (Å²) < 4.78 is 23.8. The van der Waals surface area contributed by atoms with Crippen molar-refractivity contribution in [2.75, 3.05) is 20.3 Å². The summed E-state index contributed by atoms with van der Waals surface area (Å²) in [5, 5.41) is 37.2. The first-order valence-electron chi connectivity index (χ1n) is 18.0. The van der Waals surface area contributed by atoms with E-state index in [0.29, 0.717) is 19.6 Å². The second-order valence-electron chi connectivity index (χ2n) is 14.3. The number of aromatic nitrogens is 1. The number of rotatable bonds is 16. The van der Waals surface area contributed by atoms with E-state index in [2.05, 4.69) is 24.1 Å². The van der Waals surface area contributed by atoms with Crippen molar-refractivity contribution in [1.82, 2.24) is 10.3 Å². The van der Waals surface area contributed by atoms with Crippen molar-refractivity contribution in [3.05, 3.63) is 66.0 Å². The number of ether oxygens (including phenoxy) is 4. The molecule has 49 heavy (non-hydrogen) atoms. The molecular weight excluding hydrogens is 624 g/mol. The summed E-state index contributed by atoms with van der Waals surface area (Å²) in [6.45, 7) is 14.6. The lowest BCUT2D eigenvalue weighted by atomic mass is 9.87. The van der Waals surface area contributed by atoms with Gasteiger partial charge in [-0.1, -0.05) is 64.1 Å². The first-order chi connectivity index (χ1) is 23.2. The monoisotopic (exact) mass is 686 g/mol. The number of aliphatic hydroxyl groups excluding tert-OH is 1. The number of pyridine rings is 1. The number of esters is 1. The van der Waals surface area contributed by atoms with Crippen LogP contribution in [0, 0.1) is 11.8 Å². The van der Waals surface area contributed by atoms with Gasteiger partial charge in [0.25, 0.3) is 0 Å². The standard InChI is InChI=1S/C39H62N2O8/c1-9-24-47-32-17-16-27(4)34(48-33(43)25-30(42)18-21-38(32,6)44)26(3)14-13-20-39(7,45)37(41-23-19-29-15-11-12-22-40-29)36-35(49-36)28(5)31(10-2)46-8/h11-17,20,22,27-28,30-32,34-37,41-42,44-45H,9-10,18-19,21,23-25H2,1-8H3. The van der Waals surface area contributed by atoms with Crippen molar-refractivity contribution in [2.24, 2.45) is 11.8 Å². The van der Waals surface area contributed by atoms with Gasteiger partial charge in [0.05, 0.1) is 42.0 Å². The van der Waals surface area contributed by atoms with Gasteiger partial charge in [0.1, 0.15) is 18.3 Å². The quantitative estimate of drug-likeness (QED) is 0.0825. The molecule has 0 aromatic carbocycles. The van der Waals surface area contributed by atoms with E-state index < -0.39 is 41.5 Å². The van der Waals surface area contributed by atoms with Crippen LogP contribution in [0.25, 0.3) is 0 Å². The molecule has 4 N–H and O–H groups in total. The molecule has 2 aliphatic heterocycles. The second-order valence-corrected chi connectivity index (χ2v) is 14.3. The van der Waals surface area contributed by atoms with Crippen molar-refractivity contribution < 1.29 is 39.1 Å². The third kappa shape index (κ3) is 12.4. The number of methoxy groups -OCH3 is 1. The highest BCUT2D eigenvalue weighted by atomic mass is 16.6. The molecule has 0 radical (unpaired) electrons. The van der Waals surface area contributed by atoms with Crippen LogP contribution in [-0.2, 0) is 30.2 Å². The number of epoxide rings is 1. The Balaban J connectivity index is 1.83. The predicted molar refractivity (Wildman–Crippen MR) is 191 cm³/mol. The van der Waals surface area contributed by atoms with Crippen molar-refractivity contribution in [1.29, 1.82) is 0 Å². The van der Waals surface area contributed by atoms with Gasteiger partial charge in [-0.2, -0.15) is 0 Å². The normalized spacial score (nSPS) is 31.7. The Morgan fingerprint density at radius 2 is 2.02 bits per heavy atom. The lowest BCUT2D eigenvalue weighted by molar-refractivity contribution is -0.151. The highest BCUT2D eigenvalue weighted by molar-refractivity contribution is 5.70. The van der Waals surface area contributed by atoms with Gasteiger partial charge in [-0.05, 0) is 64.2 Å². The minimum atomic E-state index is -1.29. The molecule has 10 heteroatoms. The van der Waals surface area contributed by atoms with Gasteiger partial charge in [-0.3, -0.25) is 9.78 Å². The first kappa shape index (κ1) is 41.0. The van der Waals surface area contributed by atoms with Crippen molar-refractivity contribution in [3.63, 3.8) is 0 Å². The molecule has 0 aliphatic carbocycles. The van der Waals surface area contributed by atoms with Gasteiger partial charge in [-0.15, -0.1) is 0 Å². The maximum absolute atomic E-state index is 12.9. The average Bonchev–Trinajstić information content (AvgIpc) is 3.85. The van der Waals surface area contributed by atoms with E-state index in [4.69, 9.17) is 18.9 Å². The Bertz CT molecular complexity index is 1230. The van der Waals surface area contributed by atoms with Crippen molar-refractivity contribution in [2.45, 2.75) is 141 Å². The summed E-state index contributed by atoms with van der Waals surface area (Å²) in [5.74, 6) is -0.615. The SMILES string of the molecule is CCCOC1C=CC(C)C(C(C)=CC=CC(C)(O)C(NCCc2ccccn2)C2OC2C(C)C(CC)OC)OC(=O)CC(O)CCC1(C)O. The molecule has 10 nitrogen and oxygen atoms in total. The van der Waals surface area contributed by atoms with Crippen LogP contribution in [0.5, 0.6) is 0 Å². The smallest absolute Gasteiger partial charge is 0.309 e. The zero-order valence-corrected chi connectivity index (χ0v) is 30.9. The molecule has 0 bridgehead atoms. The van der Waals surface area contributed by atoms with E-state index in [0.717, 1.165) is 24.1 Å². The van der Waals surface area contributed by atoms with Crippen LogP contribution in [0.15, 0.2) is 60.3 Å². The van der Waals surface area contributed by atoms with Gasteiger partial charge in [0.2, 0.25) is 0 Å². The number of hydrogen-bond donors (Lipinski definition) is 4. The van der Waals surface area contributed by atoms with E-state index >= 15 is 0 Å². The number of aliphatic hydroxyl groups is 3. The number of nitrogens with one attached hydrogen (secondary N) is 1. The minimum absolute atomic E-state index is 0.0562. The number of allylic oxidation sites excluding steroid dienone is 2. The fourth-order valence-corrected chi connectivity index (χ4v) is 6.71. The topological polar surface area (TPSA) is 143 Å². The Morgan fingerprint density at radius 3 is 2.67 bits per heavy atom. The van der Waals surface area contributed by atoms with Crippen LogP contribution in [0.4, 0.5) is 0 Å². The maximum atomic E-state index is 12.9. The van der Waals surface area contributed by atoms with Crippen LogP contribution >= 0.6 is 0 Å². The summed E-state index contributed by atoms with van der Waals surface area (Å²) in [5.41, 5.74) is -0.774. The van der Waals surface area contributed by atoms with Crippen LogP contribution in [0.1, 0.15) is 86.3 Å². The van der Waals surface area contributed by atoms with E-state index in [-0.39, 0.29) is 49.4 Å². The molecule has 0 amide bonds. The minimum Gasteiger partial charge on any atom is -0.457 e. The summed E-state index contributed by atoms with van der Waals surface area (Å²) in [4.78, 5) is 17.3. The number of carbonyl (C=O) groups excluding carboxylic acids is 1. The van der Waals surface area contributed by atoms with Crippen molar-refractivity contribution in [3.8, 4) is 0 Å². The fourth-order valence-electron chi connectivity index (χ4n) is 6.71. The summed E-state index contributed by atoms with van der Waals surface area (Å²) >= 11 is 0. The molecule has 1 fully saturated rings. The highest BCUT2D eigenvalue weighted by Gasteiger charge is 2.54. The molecule has 11 atom stereocenters. The number of nitrogens with zero attached hydrogens (tertiary/aromatic N) is 1. The second kappa shape index (κ2) is 19.2. The molecule has 1 aromatic heterocycles. The summed E-state index contributed by atoms with van der Waals surface area (Å²) in [6, 6.07) is 5.43. The zero-order valence-electron chi connectivity index (χ0n) is 30.9. The summed E-state index contributed by atoms with van der Waals surface area (Å²) in [6.07, 6.45) is 11.3. The number of carbonyl (C=O) groups is 1. The average molecular weight is 687 g/mol. The third-order valence-corrected chi connectivity index (χ3v) is 9.87. The molecule has 2 aliphatic rings. The predicted octanol–water partition coefficient (Wildman–Crippen LogP) is 4.86. The van der Waals surface area contributed by atoms with E-state index in [1.54, 1.807) is 39.3 Å². The highest BCUT2D eigenvalue weighted by Crippen LogP contribution is 2.39. The van der Waals surface area contributed by atoms with E-state index in [9.17, 15) is 20.1 Å². The van der Waals surface area contributed by atoms with Gasteiger partial charge < -0.3 is 39.6 Å². The third-order valence-electron chi connectivity index (χ3n) is 9.87. The molecular formula is C39H62N2O8. The summed E-state index contributed by atoms with van der Waals surface area (Å²) in [7, 11) is 1.72. The molecule has 3 heterocycles. The van der Waals surface area contributed by atoms with Gasteiger partial charge in [-0.25, -0.2) is 0 Å². The fraction of sp³-hybridized carbons (Fsp3) is 0.692. The van der Waals surface area contributed by atoms with Crippen LogP contribution in [-0.4, -0.2) is 100 Å². The first-order valence-corrected chi connectivity index (χ1v) is 18.0. The molecule has 1 saturated heterocycles. The van der Waals surface area contributed by atoms with Gasteiger partial charge >= 0.3 is 5.97 Å². The molecule has 276 valence electrons. The number of hydrogen-bond acceptors (Lipinski definition) is 10. The molecule has 3 rings (SSSR count). The molecule has 1 aromatic rings. The molecule has 0 saturated carbocycles. The van der Waals surface area contributed by atoms with Gasteiger partial charge in [0, 0.05) is 50.4 Å². The Hall–Kier alpha value is -2.44. The molecule has 11 unspecified atom stereocenters. The zero-order chi connectivity index (χ0) is 36.2. The van der Waals surface area contributed by atoms with Crippen LogP contribution in [0.3, 0.4) is 0 Å². The molecule has 0 spiro atoms. The van der Waals surface area contributed by atoms with E-state index in [1.165, 1.54) is 0 Å².